The Balaban J connectivity index is 1.77. The van der Waals surface area contributed by atoms with Gasteiger partial charge in [-0.05, 0) is 53.1 Å². The van der Waals surface area contributed by atoms with Crippen molar-refractivity contribution in [1.82, 2.24) is 4.90 Å². The number of rotatable bonds is 2. The van der Waals surface area contributed by atoms with E-state index in [4.69, 9.17) is 0 Å². The first kappa shape index (κ1) is 15.1. The first-order chi connectivity index (χ1) is 11.2. The Morgan fingerprint density at radius 1 is 1.13 bits per heavy atom. The number of fused-ring (bicyclic) bond motifs is 1. The van der Waals surface area contributed by atoms with Crippen LogP contribution >= 0.6 is 38.6 Å². The molecule has 1 atom stereocenters. The maximum absolute atomic E-state index is 13.1. The van der Waals surface area contributed by atoms with Crippen molar-refractivity contribution >= 4 is 44.5 Å². The van der Waals surface area contributed by atoms with E-state index < -0.39 is 0 Å². The number of halogens is 1. The van der Waals surface area contributed by atoms with E-state index in [0.717, 1.165) is 23.0 Å². The van der Waals surface area contributed by atoms with Gasteiger partial charge in [-0.15, -0.1) is 22.7 Å². The van der Waals surface area contributed by atoms with Gasteiger partial charge >= 0.3 is 0 Å². The molecule has 1 aromatic carbocycles. The lowest BCUT2D eigenvalue weighted by molar-refractivity contribution is 0.0698. The maximum Gasteiger partial charge on any atom is 0.254 e. The van der Waals surface area contributed by atoms with Crippen LogP contribution in [0, 0.1) is 0 Å². The molecular formula is C18H14BrNOS2. The molecule has 0 spiro atoms. The topological polar surface area (TPSA) is 20.3 Å². The SMILES string of the molecule is O=C(c1cccc(Br)c1)N1CCc2sccc2[C@@H]1c1cccs1. The largest absolute Gasteiger partial charge is 0.326 e. The molecule has 0 N–H and O–H groups in total. The van der Waals surface area contributed by atoms with Crippen LogP contribution in [-0.2, 0) is 6.42 Å². The molecule has 0 saturated carbocycles. The van der Waals surface area contributed by atoms with Crippen LogP contribution in [0.15, 0.2) is 57.7 Å². The van der Waals surface area contributed by atoms with Gasteiger partial charge in [0.2, 0.25) is 0 Å². The molecule has 0 radical (unpaired) electrons. The third-order valence-electron chi connectivity index (χ3n) is 4.11. The zero-order chi connectivity index (χ0) is 15.8. The van der Waals surface area contributed by atoms with Gasteiger partial charge in [-0.25, -0.2) is 0 Å². The van der Waals surface area contributed by atoms with Crippen LogP contribution in [0.25, 0.3) is 0 Å². The maximum atomic E-state index is 13.1. The molecule has 0 bridgehead atoms. The molecule has 1 aliphatic heterocycles. The standard InChI is InChI=1S/C18H14BrNOS2/c19-13-4-1-3-12(11-13)18(21)20-8-6-15-14(7-10-23-15)17(20)16-5-2-9-22-16/h1-5,7,9-11,17H,6,8H2/t17-/m1/s1. The third kappa shape index (κ3) is 2.77. The molecule has 0 saturated heterocycles. The van der Waals surface area contributed by atoms with E-state index in [-0.39, 0.29) is 11.9 Å². The fraction of sp³-hybridized carbons (Fsp3) is 0.167. The van der Waals surface area contributed by atoms with Crippen LogP contribution in [0.3, 0.4) is 0 Å². The number of thiophene rings is 2. The van der Waals surface area contributed by atoms with Gasteiger partial charge in [0.05, 0.1) is 6.04 Å². The average Bonchev–Trinajstić information content (AvgIpc) is 3.24. The fourth-order valence-electron chi connectivity index (χ4n) is 3.08. The van der Waals surface area contributed by atoms with Gasteiger partial charge in [0.1, 0.15) is 0 Å². The smallest absolute Gasteiger partial charge is 0.254 e. The molecule has 0 unspecified atom stereocenters. The van der Waals surface area contributed by atoms with E-state index in [0.29, 0.717) is 0 Å². The van der Waals surface area contributed by atoms with Gasteiger partial charge in [-0.2, -0.15) is 0 Å². The minimum Gasteiger partial charge on any atom is -0.326 e. The lowest BCUT2D eigenvalue weighted by Gasteiger charge is -2.35. The number of carbonyl (C=O) groups excluding carboxylic acids is 1. The van der Waals surface area contributed by atoms with Crippen molar-refractivity contribution in [3.05, 3.63) is 78.6 Å². The second-order valence-electron chi connectivity index (χ2n) is 5.48. The molecule has 1 amide bonds. The highest BCUT2D eigenvalue weighted by atomic mass is 79.9. The second kappa shape index (κ2) is 6.23. The Hall–Kier alpha value is -1.43. The molecule has 0 aliphatic carbocycles. The molecule has 23 heavy (non-hydrogen) atoms. The molecule has 3 heterocycles. The van der Waals surface area contributed by atoms with Crippen LogP contribution in [0.4, 0.5) is 0 Å². The van der Waals surface area contributed by atoms with Gasteiger partial charge in [0.25, 0.3) is 5.91 Å². The number of benzene rings is 1. The quantitative estimate of drug-likeness (QED) is 0.563. The van der Waals surface area contributed by atoms with Crippen molar-refractivity contribution in [2.24, 2.45) is 0 Å². The van der Waals surface area contributed by atoms with Crippen molar-refractivity contribution in [3.8, 4) is 0 Å². The van der Waals surface area contributed by atoms with Gasteiger partial charge in [-0.1, -0.05) is 28.1 Å². The lowest BCUT2D eigenvalue weighted by Crippen LogP contribution is -2.39. The minimum absolute atomic E-state index is 0.0384. The molecule has 4 rings (SSSR count). The van der Waals surface area contributed by atoms with Crippen LogP contribution in [0.1, 0.15) is 31.7 Å². The van der Waals surface area contributed by atoms with E-state index in [9.17, 15) is 4.79 Å². The highest BCUT2D eigenvalue weighted by Crippen LogP contribution is 2.40. The lowest BCUT2D eigenvalue weighted by atomic mass is 9.97. The molecule has 116 valence electrons. The number of carbonyl (C=O) groups is 1. The highest BCUT2D eigenvalue weighted by molar-refractivity contribution is 9.10. The first-order valence-electron chi connectivity index (χ1n) is 7.40. The summed E-state index contributed by atoms with van der Waals surface area (Å²) in [5.74, 6) is 0.0987. The highest BCUT2D eigenvalue weighted by Gasteiger charge is 2.33. The van der Waals surface area contributed by atoms with Gasteiger partial charge < -0.3 is 4.90 Å². The van der Waals surface area contributed by atoms with Crippen LogP contribution in [-0.4, -0.2) is 17.4 Å². The Kier molecular flexibility index (Phi) is 4.09. The summed E-state index contributed by atoms with van der Waals surface area (Å²) in [5.41, 5.74) is 2.02. The number of nitrogens with zero attached hydrogens (tertiary/aromatic N) is 1. The first-order valence-corrected chi connectivity index (χ1v) is 9.95. The van der Waals surface area contributed by atoms with Crippen molar-refractivity contribution in [3.63, 3.8) is 0 Å². The summed E-state index contributed by atoms with van der Waals surface area (Å²) in [6.45, 7) is 0.765. The summed E-state index contributed by atoms with van der Waals surface area (Å²) >= 11 is 6.98. The summed E-state index contributed by atoms with van der Waals surface area (Å²) < 4.78 is 0.934. The zero-order valence-electron chi connectivity index (χ0n) is 12.2. The molecule has 3 aromatic rings. The fourth-order valence-corrected chi connectivity index (χ4v) is 5.23. The van der Waals surface area contributed by atoms with Gasteiger partial charge in [0.15, 0.2) is 0 Å². The summed E-state index contributed by atoms with van der Waals surface area (Å²) in [6.07, 6.45) is 0.939. The van der Waals surface area contributed by atoms with Crippen LogP contribution < -0.4 is 0 Å². The normalized spacial score (nSPS) is 17.1. The summed E-state index contributed by atoms with van der Waals surface area (Å²) in [4.78, 5) is 17.8. The minimum atomic E-state index is 0.0384. The van der Waals surface area contributed by atoms with Gasteiger partial charge in [-0.3, -0.25) is 4.79 Å². The predicted octanol–water partition coefficient (Wildman–Crippen LogP) is 5.36. The molecule has 5 heteroatoms. The van der Waals surface area contributed by atoms with Gasteiger partial charge in [0, 0.05) is 26.3 Å². The monoisotopic (exact) mass is 403 g/mol. The molecule has 2 nitrogen and oxygen atoms in total. The van der Waals surface area contributed by atoms with E-state index >= 15 is 0 Å². The van der Waals surface area contributed by atoms with Crippen LogP contribution in [0.5, 0.6) is 0 Å². The van der Waals surface area contributed by atoms with E-state index in [2.05, 4.69) is 44.9 Å². The number of hydrogen-bond acceptors (Lipinski definition) is 3. The predicted molar refractivity (Wildman–Crippen MR) is 99.4 cm³/mol. The van der Waals surface area contributed by atoms with Crippen molar-refractivity contribution < 1.29 is 4.79 Å². The Bertz CT molecular complexity index is 840. The van der Waals surface area contributed by atoms with Crippen LogP contribution in [0.2, 0.25) is 0 Å². The van der Waals surface area contributed by atoms with E-state index in [1.807, 2.05) is 29.2 Å². The van der Waals surface area contributed by atoms with Crippen molar-refractivity contribution in [1.29, 1.82) is 0 Å². The molecule has 2 aromatic heterocycles. The van der Waals surface area contributed by atoms with Crippen molar-refractivity contribution in [2.45, 2.75) is 12.5 Å². The molecule has 0 fully saturated rings. The Morgan fingerprint density at radius 3 is 2.83 bits per heavy atom. The average molecular weight is 404 g/mol. The Labute approximate surface area is 151 Å². The Morgan fingerprint density at radius 2 is 2.04 bits per heavy atom. The van der Waals surface area contributed by atoms with E-state index in [1.165, 1.54) is 15.3 Å². The molecule has 1 aliphatic rings. The summed E-state index contributed by atoms with van der Waals surface area (Å²) in [7, 11) is 0. The number of hydrogen-bond donors (Lipinski definition) is 0. The zero-order valence-corrected chi connectivity index (χ0v) is 15.5. The number of amides is 1. The summed E-state index contributed by atoms with van der Waals surface area (Å²) in [5, 5.41) is 4.22. The third-order valence-corrected chi connectivity index (χ3v) is 6.53. The second-order valence-corrected chi connectivity index (χ2v) is 8.37. The van der Waals surface area contributed by atoms with E-state index in [1.54, 1.807) is 22.7 Å². The summed E-state index contributed by atoms with van der Waals surface area (Å²) in [6, 6.07) is 14.0. The molecular weight excluding hydrogens is 390 g/mol. The van der Waals surface area contributed by atoms with Crippen molar-refractivity contribution in [2.75, 3.05) is 6.54 Å².